The summed E-state index contributed by atoms with van der Waals surface area (Å²) in [5, 5.41) is 6.95. The van der Waals surface area contributed by atoms with Crippen LogP contribution in [0.25, 0.3) is 110 Å². The van der Waals surface area contributed by atoms with Crippen LogP contribution in [0, 0.1) is 6.92 Å². The number of benzene rings is 13. The number of hydrogen-bond donors (Lipinski definition) is 0. The molecule has 366 valence electrons. The third kappa shape index (κ3) is 7.20. The van der Waals surface area contributed by atoms with Gasteiger partial charge in [-0.25, -0.2) is 0 Å². The molecule has 3 heteroatoms. The summed E-state index contributed by atoms with van der Waals surface area (Å²) in [7, 11) is 0. The van der Waals surface area contributed by atoms with E-state index < -0.39 is 0 Å². The fourth-order valence-corrected chi connectivity index (χ4v) is 12.5. The van der Waals surface area contributed by atoms with Gasteiger partial charge in [0, 0.05) is 39.2 Å². The second kappa shape index (κ2) is 18.6. The Morgan fingerprint density at radius 1 is 0.244 bits per heavy atom. The summed E-state index contributed by atoms with van der Waals surface area (Å²) in [6.45, 7) is 2.20. The molecule has 0 atom stereocenters. The monoisotopic (exact) mass is 994 g/mol. The van der Waals surface area contributed by atoms with Gasteiger partial charge in [-0.1, -0.05) is 218 Å². The van der Waals surface area contributed by atoms with E-state index >= 15 is 0 Å². The largest absolute Gasteiger partial charge is 0.454 e. The van der Waals surface area contributed by atoms with Crippen LogP contribution in [-0.2, 0) is 0 Å². The Hall–Kier alpha value is -10.2. The summed E-state index contributed by atoms with van der Waals surface area (Å²) < 4.78 is 6.85. The van der Waals surface area contributed by atoms with E-state index in [0.29, 0.717) is 0 Å². The molecule has 78 heavy (non-hydrogen) atoms. The molecule has 1 aromatic heterocycles. The molecule has 14 aromatic rings. The molecule has 0 saturated carbocycles. The summed E-state index contributed by atoms with van der Waals surface area (Å²) in [5.74, 6) is 0. The Labute approximate surface area is 453 Å². The average Bonchev–Trinajstić information content (AvgIpc) is 2.12. The Morgan fingerprint density at radius 2 is 0.615 bits per heavy atom. The minimum atomic E-state index is 0.853. The highest BCUT2D eigenvalue weighted by Crippen LogP contribution is 2.66. The molecule has 0 N–H and O–H groups in total. The van der Waals surface area contributed by atoms with Crippen LogP contribution in [0.1, 0.15) is 5.56 Å². The number of para-hydroxylation sites is 5. The van der Waals surface area contributed by atoms with Crippen molar-refractivity contribution < 1.29 is 4.42 Å². The lowest BCUT2D eigenvalue weighted by molar-refractivity contribution is 0.669. The third-order valence-electron chi connectivity index (χ3n) is 15.9. The van der Waals surface area contributed by atoms with Crippen molar-refractivity contribution >= 4 is 77.6 Å². The van der Waals surface area contributed by atoms with Crippen LogP contribution in [0.3, 0.4) is 0 Å². The van der Waals surface area contributed by atoms with Crippen LogP contribution in [0.4, 0.5) is 34.1 Å². The SMILES string of the molecule is Cc1ccccc1N(c1ccc2c(-c3ccccc3)c3c(c(-c4ccccc4)c2c1)-c1c-3c(-c2ccccc2)c2ccc(N(c3ccccc3)c3ccccc3)cc2c1-c1ccccc1)c1cccc2c1oc1ccccc12. The molecule has 3 nitrogen and oxygen atoms in total. The highest BCUT2D eigenvalue weighted by atomic mass is 16.3. The molecule has 0 aliphatic heterocycles. The first-order chi connectivity index (χ1) is 38.7. The van der Waals surface area contributed by atoms with Gasteiger partial charge in [-0.2, -0.15) is 0 Å². The van der Waals surface area contributed by atoms with Crippen LogP contribution < -0.4 is 9.80 Å². The summed E-state index contributed by atoms with van der Waals surface area (Å²) in [4.78, 5) is 4.79. The van der Waals surface area contributed by atoms with Gasteiger partial charge in [0.2, 0.25) is 0 Å². The van der Waals surface area contributed by atoms with Crippen LogP contribution in [-0.4, -0.2) is 0 Å². The Bertz CT molecular complexity index is 4550. The number of aryl methyl sites for hydroxylation is 1. The van der Waals surface area contributed by atoms with Gasteiger partial charge < -0.3 is 14.2 Å². The Kier molecular flexibility index (Phi) is 10.8. The highest BCUT2D eigenvalue weighted by molar-refractivity contribution is 6.33. The second-order valence-electron chi connectivity index (χ2n) is 20.3. The average molecular weight is 995 g/mol. The lowest BCUT2D eigenvalue weighted by Gasteiger charge is -2.38. The van der Waals surface area contributed by atoms with Crippen molar-refractivity contribution in [2.24, 2.45) is 0 Å². The normalized spacial score (nSPS) is 11.7. The van der Waals surface area contributed by atoms with Crippen molar-refractivity contribution in [1.29, 1.82) is 0 Å². The van der Waals surface area contributed by atoms with Crippen molar-refractivity contribution in [3.8, 4) is 66.8 Å². The van der Waals surface area contributed by atoms with Gasteiger partial charge in [0.15, 0.2) is 5.58 Å². The molecule has 0 unspecified atom stereocenters. The first-order valence-corrected chi connectivity index (χ1v) is 26.8. The number of fused-ring (bicyclic) bond motifs is 9. The minimum absolute atomic E-state index is 0.853. The number of hydrogen-bond acceptors (Lipinski definition) is 3. The summed E-state index contributed by atoms with van der Waals surface area (Å²) in [6, 6.07) is 104. The first-order valence-electron chi connectivity index (χ1n) is 26.8. The van der Waals surface area contributed by atoms with Gasteiger partial charge in [-0.05, 0) is 168 Å². The van der Waals surface area contributed by atoms with Crippen molar-refractivity contribution in [3.63, 3.8) is 0 Å². The maximum atomic E-state index is 6.85. The van der Waals surface area contributed by atoms with Crippen molar-refractivity contribution in [1.82, 2.24) is 0 Å². The van der Waals surface area contributed by atoms with Gasteiger partial charge in [-0.3, -0.25) is 0 Å². The zero-order valence-corrected chi connectivity index (χ0v) is 42.9. The molecule has 1 aliphatic carbocycles. The molecule has 0 spiro atoms. The molecule has 1 heterocycles. The lowest BCUT2D eigenvalue weighted by Crippen LogP contribution is -2.13. The van der Waals surface area contributed by atoms with E-state index in [-0.39, 0.29) is 0 Å². The van der Waals surface area contributed by atoms with Gasteiger partial charge >= 0.3 is 0 Å². The highest BCUT2D eigenvalue weighted by Gasteiger charge is 2.39. The van der Waals surface area contributed by atoms with E-state index in [9.17, 15) is 0 Å². The van der Waals surface area contributed by atoms with Crippen LogP contribution >= 0.6 is 0 Å². The van der Waals surface area contributed by atoms with Gasteiger partial charge in [0.1, 0.15) is 5.58 Å². The molecular weight excluding hydrogens is 945 g/mol. The van der Waals surface area contributed by atoms with E-state index in [1.165, 1.54) is 82.7 Å². The Balaban J connectivity index is 1.10. The van der Waals surface area contributed by atoms with E-state index in [1.807, 2.05) is 6.07 Å². The second-order valence-corrected chi connectivity index (χ2v) is 20.3. The first kappa shape index (κ1) is 45.2. The van der Waals surface area contributed by atoms with Gasteiger partial charge in [-0.15, -0.1) is 0 Å². The van der Waals surface area contributed by atoms with E-state index in [2.05, 4.69) is 296 Å². The maximum Gasteiger partial charge on any atom is 0.159 e. The standard InChI is InChI=1S/C75H50N2O/c1-49-25-20-22-40-64(49)77(65-41-24-39-61-58-38-21-23-42-66(58)78-75(61)65)57-44-46-60-63(48-57)70(53-32-14-5-15-33-53)74-72(68(60)51-28-10-3-11-29-51)71-67(50-26-8-2-9-27-50)59-45-43-56(47-62(59)69(73(71)74)52-30-12-4-13-31-52)76(54-34-16-6-17-35-54)55-36-18-7-19-37-55/h2-48H,1H3. The van der Waals surface area contributed by atoms with E-state index in [4.69, 9.17) is 4.42 Å². The number of anilines is 6. The summed E-state index contributed by atoms with van der Waals surface area (Å²) in [5.41, 5.74) is 23.9. The zero-order chi connectivity index (χ0) is 51.7. The quantitative estimate of drug-likeness (QED) is 0.136. The fourth-order valence-electron chi connectivity index (χ4n) is 12.5. The van der Waals surface area contributed by atoms with Crippen molar-refractivity contribution in [3.05, 3.63) is 291 Å². The molecule has 0 radical (unpaired) electrons. The third-order valence-corrected chi connectivity index (χ3v) is 15.9. The van der Waals surface area contributed by atoms with Crippen LogP contribution in [0.2, 0.25) is 0 Å². The molecule has 0 amide bonds. The summed E-state index contributed by atoms with van der Waals surface area (Å²) in [6.07, 6.45) is 0. The molecule has 0 bridgehead atoms. The molecule has 0 saturated heterocycles. The smallest absolute Gasteiger partial charge is 0.159 e. The summed E-state index contributed by atoms with van der Waals surface area (Å²) >= 11 is 0. The minimum Gasteiger partial charge on any atom is -0.454 e. The van der Waals surface area contributed by atoms with Gasteiger partial charge in [0.05, 0.1) is 5.69 Å². The molecule has 0 fully saturated rings. The molecule has 15 rings (SSSR count). The van der Waals surface area contributed by atoms with E-state index in [0.717, 1.165) is 67.2 Å². The lowest BCUT2D eigenvalue weighted by atomic mass is 9.65. The molecule has 13 aromatic carbocycles. The van der Waals surface area contributed by atoms with Gasteiger partial charge in [0.25, 0.3) is 0 Å². The number of rotatable bonds is 10. The van der Waals surface area contributed by atoms with Crippen molar-refractivity contribution in [2.45, 2.75) is 6.92 Å². The van der Waals surface area contributed by atoms with Crippen LogP contribution in [0.15, 0.2) is 290 Å². The molecule has 1 aliphatic rings. The predicted molar refractivity (Wildman–Crippen MR) is 329 cm³/mol. The van der Waals surface area contributed by atoms with Crippen molar-refractivity contribution in [2.75, 3.05) is 9.80 Å². The number of nitrogens with zero attached hydrogens (tertiary/aromatic N) is 2. The predicted octanol–water partition coefficient (Wildman–Crippen LogP) is 21.5. The topological polar surface area (TPSA) is 19.6 Å². The number of furan rings is 1. The van der Waals surface area contributed by atoms with Crippen LogP contribution in [0.5, 0.6) is 0 Å². The maximum absolute atomic E-state index is 6.85. The fraction of sp³-hybridized carbons (Fsp3) is 0.0133. The zero-order valence-electron chi connectivity index (χ0n) is 42.9. The molecular formula is C75H50N2O. The van der Waals surface area contributed by atoms with E-state index in [1.54, 1.807) is 0 Å². The Morgan fingerprint density at radius 3 is 1.09 bits per heavy atom.